The number of aliphatic imine (C=N–C) groups is 1. The van der Waals surface area contributed by atoms with Crippen LogP contribution >= 0.6 is 23.1 Å². The number of amidine groups is 1. The highest BCUT2D eigenvalue weighted by Gasteiger charge is 2.33. The second-order valence-corrected chi connectivity index (χ2v) is 11.9. The summed E-state index contributed by atoms with van der Waals surface area (Å²) < 4.78 is 2.20. The molecule has 3 heterocycles. The van der Waals surface area contributed by atoms with Crippen LogP contribution < -0.4 is 5.32 Å². The second kappa shape index (κ2) is 10.9. The van der Waals surface area contributed by atoms with Crippen LogP contribution in [0, 0.1) is 20.8 Å². The number of thiophene rings is 1. The number of hydrogen-bond donors (Lipinski definition) is 1. The van der Waals surface area contributed by atoms with E-state index in [4.69, 9.17) is 0 Å². The molecule has 0 spiro atoms. The van der Waals surface area contributed by atoms with E-state index in [1.54, 1.807) is 16.2 Å². The Morgan fingerprint density at radius 1 is 1.11 bits per heavy atom. The van der Waals surface area contributed by atoms with Crippen LogP contribution in [0.3, 0.4) is 0 Å². The maximum absolute atomic E-state index is 13.7. The van der Waals surface area contributed by atoms with Crippen LogP contribution in [0.25, 0.3) is 11.1 Å². The van der Waals surface area contributed by atoms with Crippen LogP contribution in [-0.4, -0.2) is 39.5 Å². The van der Waals surface area contributed by atoms with Crippen molar-refractivity contribution >= 4 is 51.8 Å². The molecule has 0 radical (unpaired) electrons. The summed E-state index contributed by atoms with van der Waals surface area (Å²) in [4.78, 5) is 35.1. The van der Waals surface area contributed by atoms with Gasteiger partial charge in [-0.15, -0.1) is 11.3 Å². The van der Waals surface area contributed by atoms with Gasteiger partial charge < -0.3 is 9.88 Å². The summed E-state index contributed by atoms with van der Waals surface area (Å²) in [7, 11) is 0. The molecule has 38 heavy (non-hydrogen) atoms. The number of carbonyl (C=O) groups is 2. The SMILES string of the molecule is CCN=C1S/C(=C\c2cc(C)n(-c3sc4c(c3C(=O)Nc3ccc(C)cc3)CCCC4)c2C)C(=O)N1CC. The van der Waals surface area contributed by atoms with Crippen LogP contribution in [0.2, 0.25) is 0 Å². The van der Waals surface area contributed by atoms with Crippen LogP contribution in [-0.2, 0) is 17.6 Å². The maximum Gasteiger partial charge on any atom is 0.266 e. The topological polar surface area (TPSA) is 66.7 Å². The number of aryl methyl sites for hydroxylation is 3. The van der Waals surface area contributed by atoms with Gasteiger partial charge in [-0.05, 0) is 107 Å². The number of nitrogens with zero attached hydrogens (tertiary/aromatic N) is 3. The van der Waals surface area contributed by atoms with Crippen molar-refractivity contribution in [3.63, 3.8) is 0 Å². The summed E-state index contributed by atoms with van der Waals surface area (Å²) in [5.74, 6) is -0.0598. The van der Waals surface area contributed by atoms with E-state index in [-0.39, 0.29) is 11.8 Å². The Balaban J connectivity index is 1.56. The number of rotatable bonds is 6. The predicted octanol–water partition coefficient (Wildman–Crippen LogP) is 6.91. The van der Waals surface area contributed by atoms with E-state index in [1.807, 2.05) is 51.1 Å². The van der Waals surface area contributed by atoms with Crippen molar-refractivity contribution in [2.75, 3.05) is 18.4 Å². The van der Waals surface area contributed by atoms with Crippen LogP contribution in [0.4, 0.5) is 5.69 Å². The average Bonchev–Trinajstić information content (AvgIpc) is 3.51. The highest BCUT2D eigenvalue weighted by atomic mass is 32.2. The van der Waals surface area contributed by atoms with Gasteiger partial charge in [-0.1, -0.05) is 17.7 Å². The first-order valence-electron chi connectivity index (χ1n) is 13.3. The lowest BCUT2D eigenvalue weighted by Gasteiger charge is -2.14. The zero-order chi connectivity index (χ0) is 27.0. The summed E-state index contributed by atoms with van der Waals surface area (Å²) in [5, 5.41) is 4.88. The van der Waals surface area contributed by atoms with Crippen molar-refractivity contribution in [2.45, 2.75) is 60.3 Å². The quantitative estimate of drug-likeness (QED) is 0.342. The van der Waals surface area contributed by atoms with Crippen molar-refractivity contribution in [1.29, 1.82) is 0 Å². The van der Waals surface area contributed by atoms with Gasteiger partial charge >= 0.3 is 0 Å². The fourth-order valence-electron chi connectivity index (χ4n) is 5.20. The van der Waals surface area contributed by atoms with Gasteiger partial charge in [0.05, 0.1) is 10.5 Å². The van der Waals surface area contributed by atoms with E-state index >= 15 is 0 Å². The number of thioether (sulfide) groups is 1. The van der Waals surface area contributed by atoms with E-state index in [9.17, 15) is 9.59 Å². The Labute approximate surface area is 232 Å². The molecule has 1 aliphatic heterocycles. The summed E-state index contributed by atoms with van der Waals surface area (Å²) in [6.07, 6.45) is 6.17. The largest absolute Gasteiger partial charge is 0.322 e. The van der Waals surface area contributed by atoms with Gasteiger partial charge in [0, 0.05) is 35.0 Å². The molecule has 2 amide bonds. The summed E-state index contributed by atoms with van der Waals surface area (Å²) in [6, 6.07) is 10.0. The first-order valence-corrected chi connectivity index (χ1v) is 14.9. The number of carbonyl (C=O) groups excluding carboxylic acids is 2. The monoisotopic (exact) mass is 546 g/mol. The van der Waals surface area contributed by atoms with Gasteiger partial charge in [0.2, 0.25) is 0 Å². The smallest absolute Gasteiger partial charge is 0.266 e. The first kappa shape index (κ1) is 26.5. The predicted molar refractivity (Wildman–Crippen MR) is 160 cm³/mol. The number of anilines is 1. The van der Waals surface area contributed by atoms with E-state index in [0.717, 1.165) is 69.6 Å². The Hall–Kier alpha value is -3.10. The third-order valence-electron chi connectivity index (χ3n) is 7.15. The summed E-state index contributed by atoms with van der Waals surface area (Å²) in [5.41, 5.74) is 6.99. The summed E-state index contributed by atoms with van der Waals surface area (Å²) >= 11 is 3.17. The molecule has 2 aromatic heterocycles. The molecular formula is C30H34N4O2S2. The van der Waals surface area contributed by atoms with Gasteiger partial charge in [0.1, 0.15) is 5.00 Å². The lowest BCUT2D eigenvalue weighted by atomic mass is 9.95. The first-order chi connectivity index (χ1) is 18.3. The van der Waals surface area contributed by atoms with Crippen molar-refractivity contribution in [2.24, 2.45) is 4.99 Å². The molecule has 1 aliphatic carbocycles. The van der Waals surface area contributed by atoms with E-state index in [0.29, 0.717) is 18.0 Å². The van der Waals surface area contributed by atoms with Gasteiger partial charge in [-0.25, -0.2) is 0 Å². The molecule has 6 nitrogen and oxygen atoms in total. The number of nitrogens with one attached hydrogen (secondary N) is 1. The Morgan fingerprint density at radius 3 is 2.55 bits per heavy atom. The van der Waals surface area contributed by atoms with Crippen LogP contribution in [0.15, 0.2) is 40.2 Å². The van der Waals surface area contributed by atoms with Crippen LogP contribution in [0.1, 0.15) is 70.0 Å². The normalized spacial score (nSPS) is 17.5. The Morgan fingerprint density at radius 2 is 1.84 bits per heavy atom. The van der Waals surface area contributed by atoms with Gasteiger partial charge in [-0.3, -0.25) is 19.5 Å². The van der Waals surface area contributed by atoms with Crippen molar-refractivity contribution in [3.05, 3.63) is 73.8 Å². The molecule has 1 N–H and O–H groups in total. The fourth-order valence-corrected chi connectivity index (χ4v) is 7.79. The molecule has 1 aromatic carbocycles. The highest BCUT2D eigenvalue weighted by molar-refractivity contribution is 8.18. The summed E-state index contributed by atoms with van der Waals surface area (Å²) in [6.45, 7) is 11.4. The van der Waals surface area contributed by atoms with Crippen molar-refractivity contribution in [1.82, 2.24) is 9.47 Å². The van der Waals surface area contributed by atoms with E-state index < -0.39 is 0 Å². The number of amides is 2. The minimum Gasteiger partial charge on any atom is -0.322 e. The van der Waals surface area contributed by atoms with Gasteiger partial charge in [0.25, 0.3) is 11.8 Å². The molecule has 0 atom stereocenters. The molecule has 0 unspecified atom stereocenters. The molecular weight excluding hydrogens is 512 g/mol. The minimum absolute atomic E-state index is 0.000689. The van der Waals surface area contributed by atoms with Gasteiger partial charge in [-0.2, -0.15) is 0 Å². The van der Waals surface area contributed by atoms with Crippen molar-refractivity contribution < 1.29 is 9.59 Å². The molecule has 3 aromatic rings. The second-order valence-electron chi connectivity index (χ2n) is 9.79. The molecule has 1 fully saturated rings. The standard InChI is InChI=1S/C30H34N4O2S2/c1-6-31-30-33(7-2)28(36)25(38-30)17-21-16-19(4)34(20(21)5)29-26(23-10-8-9-11-24(23)37-29)27(35)32-22-14-12-18(3)13-15-22/h12-17H,6-11H2,1-5H3,(H,32,35)/b25-17-,31-30?. The zero-order valence-corrected chi connectivity index (χ0v) is 24.3. The number of aromatic nitrogens is 1. The molecule has 198 valence electrons. The molecule has 0 saturated carbocycles. The molecule has 1 saturated heterocycles. The molecule has 5 rings (SSSR count). The fraction of sp³-hybridized carbons (Fsp3) is 0.367. The van der Waals surface area contributed by atoms with Crippen molar-refractivity contribution in [3.8, 4) is 5.00 Å². The number of benzene rings is 1. The van der Waals surface area contributed by atoms with E-state index in [1.165, 1.54) is 22.2 Å². The third-order valence-corrected chi connectivity index (χ3v) is 9.47. The Bertz CT molecular complexity index is 1460. The van der Waals surface area contributed by atoms with Gasteiger partial charge in [0.15, 0.2) is 5.17 Å². The molecule has 8 heteroatoms. The third kappa shape index (κ3) is 4.87. The Kier molecular flexibility index (Phi) is 7.63. The molecule has 0 bridgehead atoms. The maximum atomic E-state index is 13.7. The minimum atomic E-state index is -0.0591. The number of fused-ring (bicyclic) bond motifs is 1. The van der Waals surface area contributed by atoms with E-state index in [2.05, 4.69) is 34.8 Å². The number of hydrogen-bond acceptors (Lipinski definition) is 5. The lowest BCUT2D eigenvalue weighted by Crippen LogP contribution is -2.28. The molecule has 2 aliphatic rings. The van der Waals surface area contributed by atoms with Crippen LogP contribution in [0.5, 0.6) is 0 Å². The number of likely N-dealkylation sites (N-methyl/N-ethyl adjacent to an activating group) is 1. The zero-order valence-electron chi connectivity index (χ0n) is 22.7. The average molecular weight is 547 g/mol. The lowest BCUT2D eigenvalue weighted by molar-refractivity contribution is -0.122. The highest BCUT2D eigenvalue weighted by Crippen LogP contribution is 2.40.